The molecule has 1 aromatic carbocycles. The molecule has 0 N–H and O–H groups in total. The van der Waals surface area contributed by atoms with Crippen LogP contribution in [0.2, 0.25) is 0 Å². The molecular weight excluding hydrogens is 244 g/mol. The number of nitrogens with zero attached hydrogens (tertiary/aromatic N) is 4. The Kier molecular flexibility index (Phi) is 3.52. The van der Waals surface area contributed by atoms with E-state index >= 15 is 0 Å². The third-order valence-corrected chi connectivity index (χ3v) is 2.30. The lowest BCUT2D eigenvalue weighted by molar-refractivity contribution is 0.804. The Bertz CT molecular complexity index is 429. The smallest absolute Gasteiger partial charge is 0.0994 e. The molecule has 1 atom stereocenters. The monoisotopic (exact) mass is 250 g/mol. The summed E-state index contributed by atoms with van der Waals surface area (Å²) in [4.78, 5) is 2.72. The first-order valence-corrected chi connectivity index (χ1v) is 4.72. The summed E-state index contributed by atoms with van der Waals surface area (Å²) in [5, 5.41) is 12.4. The Hall–Kier alpha value is -1.50. The number of nitriles is 1. The maximum atomic E-state index is 8.83. The van der Waals surface area contributed by atoms with E-state index in [-0.39, 0.29) is 6.04 Å². The van der Waals surface area contributed by atoms with Crippen molar-refractivity contribution in [3.8, 4) is 6.07 Å². The molecule has 1 rings (SSSR count). The minimum atomic E-state index is -0.327. The predicted molar refractivity (Wildman–Crippen MR) is 56.4 cm³/mol. The van der Waals surface area contributed by atoms with Crippen LogP contribution in [0.25, 0.3) is 10.4 Å². The van der Waals surface area contributed by atoms with E-state index in [0.29, 0.717) is 5.56 Å². The van der Waals surface area contributed by atoms with Crippen LogP contribution in [0.1, 0.15) is 24.1 Å². The molecule has 70 valence electrons. The average Bonchev–Trinajstić information content (AvgIpc) is 2.18. The predicted octanol–water partition coefficient (Wildman–Crippen LogP) is 3.69. The largest absolute Gasteiger partial charge is 0.192 e. The van der Waals surface area contributed by atoms with Crippen LogP contribution in [0.15, 0.2) is 27.8 Å². The van der Waals surface area contributed by atoms with Crippen LogP contribution in [0.5, 0.6) is 0 Å². The standard InChI is InChI=1S/C9H7BrN4/c1-6(13-14-12)9-4-8(10)3-2-7(9)5-11/h2-4,6H,1H3. The summed E-state index contributed by atoms with van der Waals surface area (Å²) in [6.45, 7) is 1.75. The summed E-state index contributed by atoms with van der Waals surface area (Å²) in [7, 11) is 0. The highest BCUT2D eigenvalue weighted by Gasteiger charge is 2.08. The Morgan fingerprint density at radius 1 is 1.64 bits per heavy atom. The summed E-state index contributed by atoms with van der Waals surface area (Å²) < 4.78 is 0.867. The first-order chi connectivity index (χ1) is 6.69. The van der Waals surface area contributed by atoms with Gasteiger partial charge >= 0.3 is 0 Å². The van der Waals surface area contributed by atoms with Gasteiger partial charge in [0.15, 0.2) is 0 Å². The number of hydrogen-bond donors (Lipinski definition) is 0. The number of hydrogen-bond acceptors (Lipinski definition) is 2. The Balaban J connectivity index is 3.24. The number of halogens is 1. The van der Waals surface area contributed by atoms with Crippen LogP contribution in [-0.4, -0.2) is 0 Å². The Morgan fingerprint density at radius 3 is 2.93 bits per heavy atom. The van der Waals surface area contributed by atoms with Gasteiger partial charge in [-0.15, -0.1) is 0 Å². The molecule has 0 aliphatic rings. The summed E-state index contributed by atoms with van der Waals surface area (Å²) in [6.07, 6.45) is 0. The molecule has 14 heavy (non-hydrogen) atoms. The molecule has 4 nitrogen and oxygen atoms in total. The van der Waals surface area contributed by atoms with Crippen LogP contribution in [-0.2, 0) is 0 Å². The van der Waals surface area contributed by atoms with Crippen LogP contribution in [0, 0.1) is 11.3 Å². The molecule has 0 amide bonds. The van der Waals surface area contributed by atoms with E-state index in [1.807, 2.05) is 0 Å². The number of benzene rings is 1. The average molecular weight is 251 g/mol. The van der Waals surface area contributed by atoms with Crippen molar-refractivity contribution >= 4 is 15.9 Å². The summed E-state index contributed by atoms with van der Waals surface area (Å²) in [5.74, 6) is 0. The van der Waals surface area contributed by atoms with Gasteiger partial charge in [-0.2, -0.15) is 5.26 Å². The van der Waals surface area contributed by atoms with E-state index in [2.05, 4.69) is 32.0 Å². The fourth-order valence-corrected chi connectivity index (χ4v) is 1.50. The van der Waals surface area contributed by atoms with Crippen molar-refractivity contribution in [3.63, 3.8) is 0 Å². The molecule has 0 aliphatic heterocycles. The molecule has 0 aromatic heterocycles. The van der Waals surface area contributed by atoms with Crippen molar-refractivity contribution in [2.24, 2.45) is 5.11 Å². The molecule has 0 spiro atoms. The second-order valence-corrected chi connectivity index (χ2v) is 3.64. The van der Waals surface area contributed by atoms with E-state index in [1.165, 1.54) is 0 Å². The van der Waals surface area contributed by atoms with E-state index in [0.717, 1.165) is 10.0 Å². The van der Waals surface area contributed by atoms with Crippen LogP contribution in [0.4, 0.5) is 0 Å². The van der Waals surface area contributed by atoms with Crippen LogP contribution >= 0.6 is 15.9 Å². The minimum Gasteiger partial charge on any atom is -0.192 e. The molecule has 0 saturated heterocycles. The van der Waals surface area contributed by atoms with Gasteiger partial charge in [-0.05, 0) is 29.3 Å². The molecule has 0 bridgehead atoms. The van der Waals surface area contributed by atoms with Crippen LogP contribution in [0.3, 0.4) is 0 Å². The number of azide groups is 1. The maximum absolute atomic E-state index is 8.83. The fraction of sp³-hybridized carbons (Fsp3) is 0.222. The van der Waals surface area contributed by atoms with Crippen molar-refractivity contribution in [2.75, 3.05) is 0 Å². The quantitative estimate of drug-likeness (QED) is 0.448. The topological polar surface area (TPSA) is 72.6 Å². The molecule has 0 heterocycles. The van der Waals surface area contributed by atoms with Gasteiger partial charge in [-0.1, -0.05) is 28.0 Å². The third kappa shape index (κ3) is 2.25. The normalized spacial score (nSPS) is 11.2. The third-order valence-electron chi connectivity index (χ3n) is 1.81. The first-order valence-electron chi connectivity index (χ1n) is 3.92. The highest BCUT2D eigenvalue weighted by Crippen LogP contribution is 2.24. The van der Waals surface area contributed by atoms with E-state index in [9.17, 15) is 0 Å². The van der Waals surface area contributed by atoms with Crippen molar-refractivity contribution in [2.45, 2.75) is 13.0 Å². The van der Waals surface area contributed by atoms with Crippen molar-refractivity contribution in [1.29, 1.82) is 5.26 Å². The summed E-state index contributed by atoms with van der Waals surface area (Å²) >= 11 is 3.30. The number of rotatable bonds is 2. The van der Waals surface area contributed by atoms with Gasteiger partial charge in [0.1, 0.15) is 0 Å². The van der Waals surface area contributed by atoms with Gasteiger partial charge < -0.3 is 0 Å². The fourth-order valence-electron chi connectivity index (χ4n) is 1.12. The zero-order valence-electron chi connectivity index (χ0n) is 7.48. The van der Waals surface area contributed by atoms with E-state index in [4.69, 9.17) is 10.8 Å². The molecular formula is C9H7BrN4. The van der Waals surface area contributed by atoms with Gasteiger partial charge in [0.05, 0.1) is 17.7 Å². The minimum absolute atomic E-state index is 0.327. The highest BCUT2D eigenvalue weighted by atomic mass is 79.9. The maximum Gasteiger partial charge on any atom is 0.0994 e. The Morgan fingerprint density at radius 2 is 2.36 bits per heavy atom. The molecule has 0 saturated carbocycles. The lowest BCUT2D eigenvalue weighted by Gasteiger charge is -2.07. The lowest BCUT2D eigenvalue weighted by Crippen LogP contribution is -1.93. The molecule has 5 heteroatoms. The van der Waals surface area contributed by atoms with Gasteiger partial charge in [0.25, 0.3) is 0 Å². The van der Waals surface area contributed by atoms with Crippen molar-refractivity contribution in [1.82, 2.24) is 0 Å². The summed E-state index contributed by atoms with van der Waals surface area (Å²) in [6, 6.07) is 7.00. The second-order valence-electron chi connectivity index (χ2n) is 2.72. The zero-order valence-corrected chi connectivity index (χ0v) is 9.06. The van der Waals surface area contributed by atoms with E-state index in [1.54, 1.807) is 25.1 Å². The molecule has 1 unspecified atom stereocenters. The van der Waals surface area contributed by atoms with Gasteiger partial charge in [-0.25, -0.2) is 0 Å². The van der Waals surface area contributed by atoms with Gasteiger partial charge in [0, 0.05) is 9.38 Å². The highest BCUT2D eigenvalue weighted by molar-refractivity contribution is 9.10. The molecule has 0 fully saturated rings. The lowest BCUT2D eigenvalue weighted by atomic mass is 10.0. The molecule has 1 aromatic rings. The summed E-state index contributed by atoms with van der Waals surface area (Å²) in [5.41, 5.74) is 9.57. The van der Waals surface area contributed by atoms with Crippen molar-refractivity contribution in [3.05, 3.63) is 44.2 Å². The van der Waals surface area contributed by atoms with Gasteiger partial charge in [0.2, 0.25) is 0 Å². The van der Waals surface area contributed by atoms with Gasteiger partial charge in [-0.3, -0.25) is 0 Å². The second kappa shape index (κ2) is 4.66. The van der Waals surface area contributed by atoms with Crippen molar-refractivity contribution < 1.29 is 0 Å². The first kappa shape index (κ1) is 10.6. The van der Waals surface area contributed by atoms with Crippen LogP contribution < -0.4 is 0 Å². The Labute approximate surface area is 89.9 Å². The molecule has 0 aliphatic carbocycles. The molecule has 0 radical (unpaired) electrons. The van der Waals surface area contributed by atoms with E-state index < -0.39 is 0 Å². The zero-order chi connectivity index (χ0) is 10.6. The SMILES string of the molecule is CC(N=[N+]=[N-])c1cc(Br)ccc1C#N.